The zero-order valence-electron chi connectivity index (χ0n) is 16.5. The molecule has 3 heterocycles. The molecule has 1 saturated heterocycles. The highest BCUT2D eigenvalue weighted by Gasteiger charge is 2.26. The molecular formula is C19H23N7O3. The summed E-state index contributed by atoms with van der Waals surface area (Å²) in [5, 5.41) is 15.6. The number of nitrogens with one attached hydrogen (secondary N) is 4. The van der Waals surface area contributed by atoms with E-state index in [1.165, 1.54) is 0 Å². The third-order valence-electron chi connectivity index (χ3n) is 4.38. The molecule has 0 bridgehead atoms. The van der Waals surface area contributed by atoms with Crippen LogP contribution in [-0.2, 0) is 9.59 Å². The maximum atomic E-state index is 12.3. The van der Waals surface area contributed by atoms with Gasteiger partial charge in [0.2, 0.25) is 5.91 Å². The van der Waals surface area contributed by atoms with Crippen LogP contribution in [0.15, 0.2) is 17.8 Å². The summed E-state index contributed by atoms with van der Waals surface area (Å²) in [6.45, 7) is 5.66. The van der Waals surface area contributed by atoms with Gasteiger partial charge in [0.15, 0.2) is 5.65 Å². The van der Waals surface area contributed by atoms with E-state index in [4.69, 9.17) is 0 Å². The number of carbonyl (C=O) groups excluding carboxylic acids is 3. The molecule has 29 heavy (non-hydrogen) atoms. The quantitative estimate of drug-likeness (QED) is 0.459. The molecule has 4 amide bonds. The number of hydrogen-bond donors (Lipinski definition) is 4. The second-order valence-corrected chi connectivity index (χ2v) is 8.33. The van der Waals surface area contributed by atoms with E-state index in [-0.39, 0.29) is 18.4 Å². The van der Waals surface area contributed by atoms with Crippen molar-refractivity contribution in [3.8, 4) is 0 Å². The van der Waals surface area contributed by atoms with Crippen LogP contribution in [0.2, 0.25) is 0 Å². The lowest BCUT2D eigenvalue weighted by Gasteiger charge is -2.20. The van der Waals surface area contributed by atoms with Crippen molar-refractivity contribution in [1.29, 1.82) is 0 Å². The SMILES string of the molecule is CC(C)(C)NC(=O)Nc1cc(NC2CC2)n2ncc(/C=C3\CC(=O)NC3=O)c2n1. The van der Waals surface area contributed by atoms with E-state index in [0.29, 0.717) is 34.5 Å². The summed E-state index contributed by atoms with van der Waals surface area (Å²) in [6.07, 6.45) is 5.35. The van der Waals surface area contributed by atoms with Gasteiger partial charge >= 0.3 is 6.03 Å². The number of imide groups is 1. The molecule has 0 radical (unpaired) electrons. The zero-order valence-corrected chi connectivity index (χ0v) is 16.5. The molecule has 0 atom stereocenters. The molecule has 2 aliphatic rings. The lowest BCUT2D eigenvalue weighted by molar-refractivity contribution is -0.124. The van der Waals surface area contributed by atoms with Crippen LogP contribution in [0.25, 0.3) is 11.7 Å². The third-order valence-corrected chi connectivity index (χ3v) is 4.38. The Hall–Kier alpha value is -3.43. The van der Waals surface area contributed by atoms with Gasteiger partial charge in [-0.15, -0.1) is 0 Å². The lowest BCUT2D eigenvalue weighted by atomic mass is 10.1. The summed E-state index contributed by atoms with van der Waals surface area (Å²) < 4.78 is 1.63. The first-order valence-corrected chi connectivity index (χ1v) is 9.47. The summed E-state index contributed by atoms with van der Waals surface area (Å²) in [5.41, 5.74) is 1.02. The summed E-state index contributed by atoms with van der Waals surface area (Å²) in [6, 6.07) is 1.72. The zero-order chi connectivity index (χ0) is 20.8. The van der Waals surface area contributed by atoms with Crippen LogP contribution >= 0.6 is 0 Å². The fourth-order valence-electron chi connectivity index (χ4n) is 2.98. The Kier molecular flexibility index (Phi) is 4.48. The molecule has 0 aromatic carbocycles. The number of aromatic nitrogens is 3. The van der Waals surface area contributed by atoms with Gasteiger partial charge in [-0.25, -0.2) is 9.78 Å². The first-order valence-electron chi connectivity index (χ1n) is 9.47. The Bertz CT molecular complexity index is 1040. The molecule has 2 fully saturated rings. The number of urea groups is 1. The molecule has 0 spiro atoms. The van der Waals surface area contributed by atoms with Gasteiger partial charge in [0.05, 0.1) is 12.6 Å². The Morgan fingerprint density at radius 3 is 2.69 bits per heavy atom. The average molecular weight is 397 g/mol. The predicted octanol–water partition coefficient (Wildman–Crippen LogP) is 1.65. The van der Waals surface area contributed by atoms with Crippen LogP contribution < -0.4 is 21.3 Å². The first-order chi connectivity index (χ1) is 13.7. The second-order valence-electron chi connectivity index (χ2n) is 8.33. The summed E-state index contributed by atoms with van der Waals surface area (Å²) in [7, 11) is 0. The molecule has 2 aromatic heterocycles. The van der Waals surface area contributed by atoms with Crippen LogP contribution in [0.5, 0.6) is 0 Å². The first kappa shape index (κ1) is 18.9. The Morgan fingerprint density at radius 2 is 2.07 bits per heavy atom. The van der Waals surface area contributed by atoms with Crippen LogP contribution in [0.3, 0.4) is 0 Å². The highest BCUT2D eigenvalue weighted by Crippen LogP contribution is 2.28. The van der Waals surface area contributed by atoms with Gasteiger partial charge < -0.3 is 10.6 Å². The van der Waals surface area contributed by atoms with Crippen LogP contribution in [0.1, 0.15) is 45.6 Å². The summed E-state index contributed by atoms with van der Waals surface area (Å²) in [5.74, 6) is 0.308. The van der Waals surface area contributed by atoms with Gasteiger partial charge in [-0.2, -0.15) is 9.61 Å². The molecule has 4 rings (SSSR count). The van der Waals surface area contributed by atoms with Crippen LogP contribution in [0, 0.1) is 0 Å². The largest absolute Gasteiger partial charge is 0.367 e. The summed E-state index contributed by atoms with van der Waals surface area (Å²) >= 11 is 0. The topological polar surface area (TPSA) is 130 Å². The molecule has 0 unspecified atom stereocenters. The molecule has 10 heteroatoms. The van der Waals surface area contributed by atoms with Gasteiger partial charge in [-0.05, 0) is 39.7 Å². The highest BCUT2D eigenvalue weighted by molar-refractivity contribution is 6.15. The van der Waals surface area contributed by atoms with E-state index in [0.717, 1.165) is 12.8 Å². The molecule has 4 N–H and O–H groups in total. The minimum absolute atomic E-state index is 0.0231. The third kappa shape index (κ3) is 4.36. The fourth-order valence-corrected chi connectivity index (χ4v) is 2.98. The second kappa shape index (κ2) is 6.87. The van der Waals surface area contributed by atoms with Gasteiger partial charge in [-0.3, -0.25) is 20.2 Å². The molecule has 1 saturated carbocycles. The standard InChI is InChI=1S/C19H23N7O3/c1-19(2,3)25-18(29)23-13-8-14(21-12-4-5-12)26-16(22-13)11(9-20-26)6-10-7-15(27)24-17(10)28/h6,8-9,12,21H,4-5,7H2,1-3H3,(H,24,27,28)(H2,22,23,25,29)/b10-6+. The van der Waals surface area contributed by atoms with E-state index < -0.39 is 11.4 Å². The van der Waals surface area contributed by atoms with Crippen molar-refractivity contribution in [2.45, 2.75) is 51.6 Å². The molecular weight excluding hydrogens is 374 g/mol. The van der Waals surface area contributed by atoms with E-state index in [1.54, 1.807) is 22.9 Å². The maximum Gasteiger partial charge on any atom is 0.320 e. The van der Waals surface area contributed by atoms with Crippen molar-refractivity contribution in [2.24, 2.45) is 0 Å². The lowest BCUT2D eigenvalue weighted by Crippen LogP contribution is -2.43. The molecule has 152 valence electrons. The van der Waals surface area contributed by atoms with Gasteiger partial charge in [-0.1, -0.05) is 0 Å². The number of nitrogens with zero attached hydrogens (tertiary/aromatic N) is 3. The van der Waals surface area contributed by atoms with E-state index >= 15 is 0 Å². The van der Waals surface area contributed by atoms with Crippen molar-refractivity contribution in [2.75, 3.05) is 10.6 Å². The Balaban J connectivity index is 1.71. The molecule has 2 aromatic rings. The minimum Gasteiger partial charge on any atom is -0.367 e. The van der Waals surface area contributed by atoms with E-state index in [2.05, 4.69) is 31.3 Å². The van der Waals surface area contributed by atoms with E-state index in [1.807, 2.05) is 20.8 Å². The van der Waals surface area contributed by atoms with Gasteiger partial charge in [0.25, 0.3) is 5.91 Å². The van der Waals surface area contributed by atoms with Crippen LogP contribution in [-0.4, -0.2) is 44.0 Å². The normalized spacial score (nSPS) is 18.2. The van der Waals surface area contributed by atoms with E-state index in [9.17, 15) is 14.4 Å². The predicted molar refractivity (Wildman–Crippen MR) is 107 cm³/mol. The molecule has 1 aliphatic carbocycles. The number of hydrogen-bond acceptors (Lipinski definition) is 6. The van der Waals surface area contributed by atoms with Crippen molar-refractivity contribution in [3.05, 3.63) is 23.4 Å². The van der Waals surface area contributed by atoms with Crippen LogP contribution in [0.4, 0.5) is 16.4 Å². The maximum absolute atomic E-state index is 12.3. The molecule has 10 nitrogen and oxygen atoms in total. The number of fused-ring (bicyclic) bond motifs is 1. The minimum atomic E-state index is -0.412. The average Bonchev–Trinajstić information content (AvgIpc) is 3.22. The summed E-state index contributed by atoms with van der Waals surface area (Å²) in [4.78, 5) is 40.1. The highest BCUT2D eigenvalue weighted by atomic mass is 16.2. The molecule has 1 aliphatic heterocycles. The van der Waals surface area contributed by atoms with Gasteiger partial charge in [0, 0.05) is 28.8 Å². The van der Waals surface area contributed by atoms with Crippen molar-refractivity contribution >= 4 is 41.2 Å². The number of amides is 4. The number of rotatable bonds is 4. The Morgan fingerprint density at radius 1 is 1.31 bits per heavy atom. The Labute approximate surface area is 167 Å². The van der Waals surface area contributed by atoms with Crippen molar-refractivity contribution < 1.29 is 14.4 Å². The monoisotopic (exact) mass is 397 g/mol. The number of anilines is 2. The van der Waals surface area contributed by atoms with Gasteiger partial charge in [0.1, 0.15) is 11.6 Å². The van der Waals surface area contributed by atoms with Crippen molar-refractivity contribution in [3.63, 3.8) is 0 Å². The van der Waals surface area contributed by atoms with Crippen molar-refractivity contribution in [1.82, 2.24) is 25.2 Å². The number of carbonyl (C=O) groups is 3. The smallest absolute Gasteiger partial charge is 0.320 e. The fraction of sp³-hybridized carbons (Fsp3) is 0.421.